The molecule has 0 unspecified atom stereocenters. The van der Waals surface area contributed by atoms with Crippen LogP contribution in [0.25, 0.3) is 0 Å². The van der Waals surface area contributed by atoms with Crippen LogP contribution in [-0.2, 0) is 0 Å². The number of hydrogen-bond donors (Lipinski definition) is 3. The van der Waals surface area contributed by atoms with Crippen molar-refractivity contribution in [2.24, 2.45) is 0 Å². The Morgan fingerprint density at radius 1 is 1.08 bits per heavy atom. The van der Waals surface area contributed by atoms with Gasteiger partial charge in [-0.3, -0.25) is 4.90 Å². The lowest BCUT2D eigenvalue weighted by Gasteiger charge is -2.30. The fourth-order valence-corrected chi connectivity index (χ4v) is 2.54. The van der Waals surface area contributed by atoms with E-state index in [1.54, 1.807) is 12.3 Å². The van der Waals surface area contributed by atoms with Crippen molar-refractivity contribution >= 4 is 23.4 Å². The molecule has 0 spiro atoms. The van der Waals surface area contributed by atoms with E-state index in [2.05, 4.69) is 63.2 Å². The molecule has 2 aromatic rings. The predicted molar refractivity (Wildman–Crippen MR) is 97.2 cm³/mol. The monoisotopic (exact) mass is 330 g/mol. The second kappa shape index (κ2) is 8.39. The van der Waals surface area contributed by atoms with Crippen molar-refractivity contribution in [2.75, 3.05) is 29.5 Å². The summed E-state index contributed by atoms with van der Waals surface area (Å²) in [6, 6.07) is 4.57. The molecule has 0 atom stereocenters. The molecule has 2 rings (SSSR count). The lowest BCUT2D eigenvalue weighted by Crippen LogP contribution is -2.40. The number of nitrogens with zero attached hydrogens (tertiary/aromatic N) is 5. The van der Waals surface area contributed by atoms with Crippen molar-refractivity contribution in [1.82, 2.24) is 24.8 Å². The molecule has 0 aliphatic carbocycles. The van der Waals surface area contributed by atoms with Crippen LogP contribution in [0.15, 0.2) is 24.7 Å². The van der Waals surface area contributed by atoms with E-state index in [9.17, 15) is 0 Å². The Morgan fingerprint density at radius 3 is 2.42 bits per heavy atom. The van der Waals surface area contributed by atoms with Crippen LogP contribution in [0.4, 0.5) is 23.4 Å². The van der Waals surface area contributed by atoms with Crippen LogP contribution < -0.4 is 16.4 Å². The molecule has 2 heterocycles. The quantitative estimate of drug-likeness (QED) is 0.676. The third-order valence-corrected chi connectivity index (χ3v) is 3.58. The molecule has 8 heteroatoms. The standard InChI is InChI=1S/C16H26N8/c1-11(2)24(12(3)4)8-7-19-14-9-15(23-16(17)22-14)21-13-5-6-18-10-20-13/h5-6,9-12H,7-8H2,1-4H3,(H4,17,18,19,20,21,22,23). The molecule has 24 heavy (non-hydrogen) atoms. The summed E-state index contributed by atoms with van der Waals surface area (Å²) in [6.07, 6.45) is 3.13. The Kier molecular flexibility index (Phi) is 6.25. The molecule has 0 saturated heterocycles. The fraction of sp³-hybridized carbons (Fsp3) is 0.500. The summed E-state index contributed by atoms with van der Waals surface area (Å²) in [5.41, 5.74) is 5.80. The minimum atomic E-state index is 0.209. The highest BCUT2D eigenvalue weighted by atomic mass is 15.2. The van der Waals surface area contributed by atoms with Crippen LogP contribution in [-0.4, -0.2) is 50.0 Å². The lowest BCUT2D eigenvalue weighted by atomic mass is 10.2. The molecule has 0 aliphatic heterocycles. The Morgan fingerprint density at radius 2 is 1.79 bits per heavy atom. The van der Waals surface area contributed by atoms with Crippen LogP contribution in [0.1, 0.15) is 27.7 Å². The minimum absolute atomic E-state index is 0.209. The van der Waals surface area contributed by atoms with E-state index >= 15 is 0 Å². The zero-order chi connectivity index (χ0) is 17.5. The lowest BCUT2D eigenvalue weighted by molar-refractivity contribution is 0.182. The van der Waals surface area contributed by atoms with Gasteiger partial charge in [0.1, 0.15) is 23.8 Å². The van der Waals surface area contributed by atoms with Gasteiger partial charge in [-0.1, -0.05) is 0 Å². The Bertz CT molecular complexity index is 621. The van der Waals surface area contributed by atoms with Gasteiger partial charge in [-0.25, -0.2) is 9.97 Å². The maximum Gasteiger partial charge on any atom is 0.223 e. The third-order valence-electron chi connectivity index (χ3n) is 3.58. The maximum atomic E-state index is 5.80. The molecule has 8 nitrogen and oxygen atoms in total. The van der Waals surface area contributed by atoms with Gasteiger partial charge in [0, 0.05) is 37.4 Å². The van der Waals surface area contributed by atoms with E-state index in [4.69, 9.17) is 5.73 Å². The van der Waals surface area contributed by atoms with Gasteiger partial charge in [0.15, 0.2) is 0 Å². The number of nitrogens with one attached hydrogen (secondary N) is 2. The normalized spacial score (nSPS) is 11.3. The zero-order valence-corrected chi connectivity index (χ0v) is 14.7. The molecule has 0 aliphatic rings. The van der Waals surface area contributed by atoms with E-state index in [1.807, 2.05) is 6.07 Å². The molecule has 0 aromatic carbocycles. The van der Waals surface area contributed by atoms with E-state index in [0.717, 1.165) is 13.1 Å². The van der Waals surface area contributed by atoms with E-state index < -0.39 is 0 Å². The summed E-state index contributed by atoms with van der Waals surface area (Å²) >= 11 is 0. The molecular formula is C16H26N8. The van der Waals surface area contributed by atoms with Crippen molar-refractivity contribution in [3.63, 3.8) is 0 Å². The first kappa shape index (κ1) is 17.9. The number of hydrogen-bond acceptors (Lipinski definition) is 8. The van der Waals surface area contributed by atoms with Crippen LogP contribution in [0.2, 0.25) is 0 Å². The summed E-state index contributed by atoms with van der Waals surface area (Å²) in [6.45, 7) is 10.5. The number of nitrogens with two attached hydrogens (primary N) is 1. The van der Waals surface area contributed by atoms with Gasteiger partial charge in [-0.05, 0) is 33.8 Å². The van der Waals surface area contributed by atoms with Crippen molar-refractivity contribution < 1.29 is 0 Å². The number of anilines is 4. The van der Waals surface area contributed by atoms with Gasteiger partial charge in [0.05, 0.1) is 0 Å². The first-order valence-electron chi connectivity index (χ1n) is 8.13. The average molecular weight is 330 g/mol. The Hall–Kier alpha value is -2.48. The van der Waals surface area contributed by atoms with E-state index in [0.29, 0.717) is 29.5 Å². The molecule has 0 bridgehead atoms. The fourth-order valence-electron chi connectivity index (χ4n) is 2.54. The van der Waals surface area contributed by atoms with Crippen molar-refractivity contribution in [3.8, 4) is 0 Å². The van der Waals surface area contributed by atoms with Crippen LogP contribution in [0, 0.1) is 0 Å². The highest BCUT2D eigenvalue weighted by Gasteiger charge is 2.12. The highest BCUT2D eigenvalue weighted by molar-refractivity contribution is 5.57. The minimum Gasteiger partial charge on any atom is -0.369 e. The Labute approximate surface area is 142 Å². The molecular weight excluding hydrogens is 304 g/mol. The maximum absolute atomic E-state index is 5.80. The van der Waals surface area contributed by atoms with Crippen molar-refractivity contribution in [1.29, 1.82) is 0 Å². The van der Waals surface area contributed by atoms with Gasteiger partial charge in [-0.15, -0.1) is 0 Å². The van der Waals surface area contributed by atoms with Crippen molar-refractivity contribution in [2.45, 2.75) is 39.8 Å². The SMILES string of the molecule is CC(C)N(CCNc1cc(Nc2ccncn2)nc(N)n1)C(C)C. The first-order valence-corrected chi connectivity index (χ1v) is 8.13. The number of rotatable bonds is 8. The smallest absolute Gasteiger partial charge is 0.223 e. The van der Waals surface area contributed by atoms with Crippen molar-refractivity contribution in [3.05, 3.63) is 24.7 Å². The van der Waals surface area contributed by atoms with E-state index in [1.165, 1.54) is 6.33 Å². The van der Waals surface area contributed by atoms with Gasteiger partial charge in [-0.2, -0.15) is 9.97 Å². The average Bonchev–Trinajstić information content (AvgIpc) is 2.51. The number of aromatic nitrogens is 4. The molecule has 2 aromatic heterocycles. The van der Waals surface area contributed by atoms with Gasteiger partial charge >= 0.3 is 0 Å². The molecule has 4 N–H and O–H groups in total. The predicted octanol–water partition coefficient (Wildman–Crippen LogP) is 2.12. The molecule has 0 saturated carbocycles. The summed E-state index contributed by atoms with van der Waals surface area (Å²) < 4.78 is 0. The summed E-state index contributed by atoms with van der Waals surface area (Å²) in [7, 11) is 0. The summed E-state index contributed by atoms with van der Waals surface area (Å²) in [5.74, 6) is 2.14. The van der Waals surface area contributed by atoms with Gasteiger partial charge < -0.3 is 16.4 Å². The highest BCUT2D eigenvalue weighted by Crippen LogP contribution is 2.16. The molecule has 0 amide bonds. The van der Waals surface area contributed by atoms with Crippen LogP contribution >= 0.6 is 0 Å². The third kappa shape index (κ3) is 5.31. The van der Waals surface area contributed by atoms with Crippen LogP contribution in [0.3, 0.4) is 0 Å². The summed E-state index contributed by atoms with van der Waals surface area (Å²) in [5, 5.41) is 6.39. The number of nitrogen functional groups attached to an aromatic ring is 1. The first-order chi connectivity index (χ1) is 11.5. The molecule has 0 radical (unpaired) electrons. The van der Waals surface area contributed by atoms with Crippen LogP contribution in [0.5, 0.6) is 0 Å². The van der Waals surface area contributed by atoms with Gasteiger partial charge in [0.2, 0.25) is 5.95 Å². The van der Waals surface area contributed by atoms with Gasteiger partial charge in [0.25, 0.3) is 0 Å². The second-order valence-corrected chi connectivity index (χ2v) is 6.07. The summed E-state index contributed by atoms with van der Waals surface area (Å²) in [4.78, 5) is 18.8. The zero-order valence-electron chi connectivity index (χ0n) is 14.7. The van der Waals surface area contributed by atoms with E-state index in [-0.39, 0.29) is 5.95 Å². The topological polar surface area (TPSA) is 105 Å². The Balaban J connectivity index is 1.98. The second-order valence-electron chi connectivity index (χ2n) is 6.07. The molecule has 0 fully saturated rings. The largest absolute Gasteiger partial charge is 0.369 e. The molecule has 130 valence electrons.